The second-order valence-electron chi connectivity index (χ2n) is 4.38. The first-order valence-corrected chi connectivity index (χ1v) is 7.69. The lowest BCUT2D eigenvalue weighted by Gasteiger charge is -2.08. The molecule has 0 amide bonds. The van der Waals surface area contributed by atoms with Crippen LogP contribution in [0.5, 0.6) is 17.4 Å². The van der Waals surface area contributed by atoms with Crippen LogP contribution in [0.4, 0.5) is 0 Å². The van der Waals surface area contributed by atoms with Crippen molar-refractivity contribution >= 4 is 33.2 Å². The fraction of sp³-hybridized carbons (Fsp3) is 0.200. The summed E-state index contributed by atoms with van der Waals surface area (Å²) in [5.74, 6) is 1.87. The largest absolute Gasteiger partial charge is 0.494 e. The summed E-state index contributed by atoms with van der Waals surface area (Å²) in [5, 5.41) is 1.05. The summed E-state index contributed by atoms with van der Waals surface area (Å²) >= 11 is 7.52. The maximum Gasteiger partial charge on any atom is 0.232 e. The smallest absolute Gasteiger partial charge is 0.232 e. The number of thiophene rings is 1. The van der Waals surface area contributed by atoms with Crippen LogP contribution in [-0.2, 0) is 0 Å². The Morgan fingerprint density at radius 3 is 2.81 bits per heavy atom. The summed E-state index contributed by atoms with van der Waals surface area (Å²) in [5.41, 5.74) is 0. The second-order valence-corrected chi connectivity index (χ2v) is 5.96. The molecule has 4 nitrogen and oxygen atoms in total. The van der Waals surface area contributed by atoms with Gasteiger partial charge < -0.3 is 9.47 Å². The lowest BCUT2D eigenvalue weighted by Crippen LogP contribution is -1.93. The molecule has 0 unspecified atom stereocenters. The van der Waals surface area contributed by atoms with E-state index in [4.69, 9.17) is 21.1 Å². The zero-order chi connectivity index (χ0) is 14.8. The number of hydrogen-bond donors (Lipinski definition) is 0. The number of aromatic nitrogens is 2. The lowest BCUT2D eigenvalue weighted by atomic mass is 10.3. The van der Waals surface area contributed by atoms with Crippen LogP contribution in [0, 0.1) is 6.92 Å². The molecular weight excluding hydrogens is 308 g/mol. The Morgan fingerprint density at radius 2 is 2.00 bits per heavy atom. The third kappa shape index (κ3) is 3.09. The first-order valence-electron chi connectivity index (χ1n) is 6.50. The predicted molar refractivity (Wildman–Crippen MR) is 84.8 cm³/mol. The molecule has 2 aromatic heterocycles. The molecule has 1 aromatic carbocycles. The Labute approximate surface area is 131 Å². The molecule has 0 spiro atoms. The van der Waals surface area contributed by atoms with E-state index in [1.54, 1.807) is 11.3 Å². The molecule has 3 aromatic rings. The number of ether oxygens (including phenoxy) is 2. The monoisotopic (exact) mass is 320 g/mol. The Balaban J connectivity index is 1.99. The Kier molecular flexibility index (Phi) is 3.94. The van der Waals surface area contributed by atoms with Crippen LogP contribution in [0.2, 0.25) is 5.28 Å². The minimum atomic E-state index is 0.181. The zero-order valence-corrected chi connectivity index (χ0v) is 13.2. The standard InChI is InChI=1S/C15H13ClN2O2S/c1-3-19-10-5-4-6-11(8-10)20-13-12-7-9(2)21-14(12)18-15(16)17-13/h4-8H,3H2,1-2H3. The van der Waals surface area contributed by atoms with Crippen LogP contribution < -0.4 is 9.47 Å². The summed E-state index contributed by atoms with van der Waals surface area (Å²) in [4.78, 5) is 10.4. The minimum absolute atomic E-state index is 0.181. The molecule has 108 valence electrons. The van der Waals surface area contributed by atoms with E-state index < -0.39 is 0 Å². The highest BCUT2D eigenvalue weighted by Gasteiger charge is 2.12. The van der Waals surface area contributed by atoms with Gasteiger partial charge in [-0.15, -0.1) is 11.3 Å². The molecule has 0 bridgehead atoms. The first-order chi connectivity index (χ1) is 10.2. The topological polar surface area (TPSA) is 44.2 Å². The van der Waals surface area contributed by atoms with E-state index in [9.17, 15) is 0 Å². The highest BCUT2D eigenvalue weighted by molar-refractivity contribution is 7.18. The minimum Gasteiger partial charge on any atom is -0.494 e. The van der Waals surface area contributed by atoms with E-state index in [1.165, 1.54) is 0 Å². The number of nitrogens with zero attached hydrogens (tertiary/aromatic N) is 2. The van der Waals surface area contributed by atoms with Crippen molar-refractivity contribution in [2.45, 2.75) is 13.8 Å². The molecule has 0 saturated carbocycles. The van der Waals surface area contributed by atoms with Gasteiger partial charge in [0.25, 0.3) is 0 Å². The normalized spacial score (nSPS) is 10.8. The van der Waals surface area contributed by atoms with Gasteiger partial charge in [-0.05, 0) is 43.6 Å². The fourth-order valence-electron chi connectivity index (χ4n) is 1.97. The van der Waals surface area contributed by atoms with Gasteiger partial charge in [0.1, 0.15) is 16.3 Å². The molecule has 6 heteroatoms. The maximum absolute atomic E-state index is 5.96. The molecular formula is C15H13ClN2O2S. The van der Waals surface area contributed by atoms with Gasteiger partial charge in [0, 0.05) is 10.9 Å². The van der Waals surface area contributed by atoms with Crippen LogP contribution in [-0.4, -0.2) is 16.6 Å². The van der Waals surface area contributed by atoms with Gasteiger partial charge in [0.15, 0.2) is 0 Å². The van der Waals surface area contributed by atoms with E-state index in [0.29, 0.717) is 18.2 Å². The van der Waals surface area contributed by atoms with Gasteiger partial charge in [0.2, 0.25) is 11.2 Å². The van der Waals surface area contributed by atoms with Gasteiger partial charge in [-0.25, -0.2) is 4.98 Å². The first kappa shape index (κ1) is 14.1. The van der Waals surface area contributed by atoms with Gasteiger partial charge in [-0.3, -0.25) is 0 Å². The highest BCUT2D eigenvalue weighted by Crippen LogP contribution is 2.34. The van der Waals surface area contributed by atoms with E-state index in [0.717, 1.165) is 20.8 Å². The van der Waals surface area contributed by atoms with Crippen LogP contribution in [0.1, 0.15) is 11.8 Å². The Hall–Kier alpha value is -1.85. The molecule has 0 aliphatic heterocycles. The quantitative estimate of drug-likeness (QED) is 0.645. The molecule has 2 heterocycles. The zero-order valence-electron chi connectivity index (χ0n) is 11.6. The Morgan fingerprint density at radius 1 is 1.19 bits per heavy atom. The molecule has 0 saturated heterocycles. The van der Waals surface area contributed by atoms with Crippen molar-refractivity contribution in [1.82, 2.24) is 9.97 Å². The summed E-state index contributed by atoms with van der Waals surface area (Å²) in [7, 11) is 0. The van der Waals surface area contributed by atoms with Crippen molar-refractivity contribution < 1.29 is 9.47 Å². The fourth-order valence-corrected chi connectivity index (χ4v) is 3.06. The van der Waals surface area contributed by atoms with Crippen LogP contribution >= 0.6 is 22.9 Å². The van der Waals surface area contributed by atoms with E-state index in [2.05, 4.69) is 9.97 Å². The second kappa shape index (κ2) is 5.87. The molecule has 3 rings (SSSR count). The molecule has 21 heavy (non-hydrogen) atoms. The molecule has 0 N–H and O–H groups in total. The summed E-state index contributed by atoms with van der Waals surface area (Å²) in [6.45, 7) is 4.56. The van der Waals surface area contributed by atoms with Gasteiger partial charge >= 0.3 is 0 Å². The molecule has 0 aliphatic carbocycles. The van der Waals surface area contributed by atoms with Crippen molar-refractivity contribution in [2.24, 2.45) is 0 Å². The van der Waals surface area contributed by atoms with Crippen molar-refractivity contribution in [3.63, 3.8) is 0 Å². The number of benzene rings is 1. The van der Waals surface area contributed by atoms with Crippen molar-refractivity contribution in [3.05, 3.63) is 40.5 Å². The van der Waals surface area contributed by atoms with Gasteiger partial charge in [-0.1, -0.05) is 6.07 Å². The number of aryl methyl sites for hydroxylation is 1. The third-order valence-corrected chi connectivity index (χ3v) is 3.90. The van der Waals surface area contributed by atoms with E-state index in [1.807, 2.05) is 44.2 Å². The van der Waals surface area contributed by atoms with Crippen molar-refractivity contribution in [3.8, 4) is 17.4 Å². The Bertz CT molecular complexity index is 788. The van der Waals surface area contributed by atoms with E-state index in [-0.39, 0.29) is 5.28 Å². The molecule has 0 atom stereocenters. The number of halogens is 1. The summed E-state index contributed by atoms with van der Waals surface area (Å²) < 4.78 is 11.3. The lowest BCUT2D eigenvalue weighted by molar-refractivity contribution is 0.338. The summed E-state index contributed by atoms with van der Waals surface area (Å²) in [6.07, 6.45) is 0. The predicted octanol–water partition coefficient (Wildman–Crippen LogP) is 4.84. The van der Waals surface area contributed by atoms with Gasteiger partial charge in [-0.2, -0.15) is 4.98 Å². The van der Waals surface area contributed by atoms with Crippen LogP contribution in [0.15, 0.2) is 30.3 Å². The SMILES string of the molecule is CCOc1cccc(Oc2nc(Cl)nc3sc(C)cc23)c1. The van der Waals surface area contributed by atoms with E-state index >= 15 is 0 Å². The number of rotatable bonds is 4. The van der Waals surface area contributed by atoms with Gasteiger partial charge in [0.05, 0.1) is 12.0 Å². The highest BCUT2D eigenvalue weighted by atomic mass is 35.5. The molecule has 0 aliphatic rings. The van der Waals surface area contributed by atoms with Crippen LogP contribution in [0.25, 0.3) is 10.2 Å². The molecule has 0 radical (unpaired) electrons. The number of hydrogen-bond acceptors (Lipinski definition) is 5. The average molecular weight is 321 g/mol. The third-order valence-electron chi connectivity index (χ3n) is 2.78. The molecule has 0 fully saturated rings. The summed E-state index contributed by atoms with van der Waals surface area (Å²) in [6, 6.07) is 9.43. The van der Waals surface area contributed by atoms with Crippen molar-refractivity contribution in [2.75, 3.05) is 6.61 Å². The number of fused-ring (bicyclic) bond motifs is 1. The average Bonchev–Trinajstić information content (AvgIpc) is 2.80. The maximum atomic E-state index is 5.96. The van der Waals surface area contributed by atoms with Crippen molar-refractivity contribution in [1.29, 1.82) is 0 Å². The van der Waals surface area contributed by atoms with Crippen LogP contribution in [0.3, 0.4) is 0 Å².